The number of carboxylic acid groups (broad SMARTS) is 1. The second-order valence-corrected chi connectivity index (χ2v) is 6.65. The lowest BCUT2D eigenvalue weighted by atomic mass is 9.88. The largest absolute Gasteiger partial charge is 0.478 e. The number of hydrogen-bond donors (Lipinski definition) is 4. The van der Waals surface area contributed by atoms with Gasteiger partial charge in [0.2, 0.25) is 0 Å². The van der Waals surface area contributed by atoms with Crippen LogP contribution in [0.15, 0.2) is 11.2 Å². The van der Waals surface area contributed by atoms with Crippen LogP contribution >= 0.6 is 0 Å². The summed E-state index contributed by atoms with van der Waals surface area (Å²) < 4.78 is 26.5. The van der Waals surface area contributed by atoms with Crippen LogP contribution < -0.4 is 4.72 Å². The third-order valence-electron chi connectivity index (χ3n) is 3.48. The Morgan fingerprint density at radius 3 is 2.65 bits per heavy atom. The van der Waals surface area contributed by atoms with Crippen molar-refractivity contribution in [3.8, 4) is 0 Å². The van der Waals surface area contributed by atoms with Crippen LogP contribution in [-0.2, 0) is 10.0 Å². The highest BCUT2D eigenvalue weighted by Crippen LogP contribution is 2.24. The van der Waals surface area contributed by atoms with E-state index in [9.17, 15) is 18.3 Å². The molecule has 1 aromatic rings. The van der Waals surface area contributed by atoms with Crippen molar-refractivity contribution in [3.63, 3.8) is 0 Å². The maximum Gasteiger partial charge on any atom is 0.340 e. The molecule has 0 amide bonds. The van der Waals surface area contributed by atoms with Gasteiger partial charge in [0.15, 0.2) is 5.03 Å². The summed E-state index contributed by atoms with van der Waals surface area (Å²) in [6, 6.07) is 0. The van der Waals surface area contributed by atoms with Crippen molar-refractivity contribution in [2.75, 3.05) is 6.54 Å². The van der Waals surface area contributed by atoms with E-state index in [-0.39, 0.29) is 24.1 Å². The standard InChI is InChI=1S/C11H17N3O5S/c15-8-3-1-7(2-4-8)5-13-20(18,19)10-9(11(16)17)6-12-14-10/h6-8,13,15H,1-5H2,(H,12,14)(H,16,17). The molecule has 0 bridgehead atoms. The zero-order chi connectivity index (χ0) is 14.8. The minimum Gasteiger partial charge on any atom is -0.478 e. The van der Waals surface area contributed by atoms with Crippen LogP contribution in [0.4, 0.5) is 0 Å². The molecule has 20 heavy (non-hydrogen) atoms. The molecule has 0 radical (unpaired) electrons. The highest BCUT2D eigenvalue weighted by Gasteiger charge is 2.26. The topological polar surface area (TPSA) is 132 Å². The van der Waals surface area contributed by atoms with Gasteiger partial charge in [-0.25, -0.2) is 17.9 Å². The lowest BCUT2D eigenvalue weighted by molar-refractivity contribution is 0.0692. The Morgan fingerprint density at radius 2 is 2.05 bits per heavy atom. The summed E-state index contributed by atoms with van der Waals surface area (Å²) in [6.45, 7) is 0.229. The van der Waals surface area contributed by atoms with Gasteiger partial charge in [0.05, 0.1) is 12.3 Å². The van der Waals surface area contributed by atoms with Crippen LogP contribution in [0.2, 0.25) is 0 Å². The molecule has 0 aliphatic heterocycles. The van der Waals surface area contributed by atoms with Crippen molar-refractivity contribution in [3.05, 3.63) is 11.8 Å². The molecule has 1 aromatic heterocycles. The average Bonchev–Trinajstić information content (AvgIpc) is 2.88. The van der Waals surface area contributed by atoms with Crippen molar-refractivity contribution in [1.82, 2.24) is 14.9 Å². The summed E-state index contributed by atoms with van der Waals surface area (Å²) in [5.74, 6) is -1.19. The minimum atomic E-state index is -3.92. The van der Waals surface area contributed by atoms with Crippen LogP contribution in [0, 0.1) is 5.92 Å². The van der Waals surface area contributed by atoms with E-state index in [0.717, 1.165) is 19.0 Å². The van der Waals surface area contributed by atoms with Crippen LogP contribution in [0.1, 0.15) is 36.0 Å². The quantitative estimate of drug-likeness (QED) is 0.602. The number of carbonyl (C=O) groups is 1. The van der Waals surface area contributed by atoms with Crippen molar-refractivity contribution >= 4 is 16.0 Å². The molecule has 2 rings (SSSR count). The maximum atomic E-state index is 12.0. The Balaban J connectivity index is 2.01. The number of aliphatic hydroxyl groups is 1. The molecule has 1 aliphatic carbocycles. The molecule has 1 aliphatic rings. The van der Waals surface area contributed by atoms with Crippen molar-refractivity contribution < 1.29 is 23.4 Å². The van der Waals surface area contributed by atoms with E-state index in [4.69, 9.17) is 5.11 Å². The number of rotatable bonds is 5. The van der Waals surface area contributed by atoms with Crippen molar-refractivity contribution in [2.24, 2.45) is 5.92 Å². The molecule has 0 unspecified atom stereocenters. The van der Waals surface area contributed by atoms with Gasteiger partial charge < -0.3 is 10.2 Å². The minimum absolute atomic E-state index is 0.157. The molecule has 8 nitrogen and oxygen atoms in total. The van der Waals surface area contributed by atoms with E-state index in [1.807, 2.05) is 0 Å². The summed E-state index contributed by atoms with van der Waals surface area (Å²) in [4.78, 5) is 10.9. The first-order valence-electron chi connectivity index (χ1n) is 6.34. The molecule has 1 heterocycles. The fourth-order valence-corrected chi connectivity index (χ4v) is 3.48. The first-order valence-corrected chi connectivity index (χ1v) is 7.83. The van der Waals surface area contributed by atoms with E-state index in [2.05, 4.69) is 14.9 Å². The Morgan fingerprint density at radius 1 is 1.40 bits per heavy atom. The molecule has 4 N–H and O–H groups in total. The van der Waals surface area contributed by atoms with Crippen LogP contribution in [0.3, 0.4) is 0 Å². The third-order valence-corrected chi connectivity index (χ3v) is 4.88. The van der Waals surface area contributed by atoms with Gasteiger partial charge in [0.25, 0.3) is 10.0 Å². The Labute approximate surface area is 116 Å². The number of sulfonamides is 1. The van der Waals surface area contributed by atoms with Gasteiger partial charge in [0, 0.05) is 6.54 Å². The molecule has 112 valence electrons. The fourth-order valence-electron chi connectivity index (χ4n) is 2.28. The number of aliphatic hydroxyl groups excluding tert-OH is 1. The van der Waals surface area contributed by atoms with Gasteiger partial charge in [-0.15, -0.1) is 0 Å². The third kappa shape index (κ3) is 3.35. The number of hydrogen-bond acceptors (Lipinski definition) is 5. The van der Waals surface area contributed by atoms with Gasteiger partial charge in [0.1, 0.15) is 5.56 Å². The summed E-state index contributed by atoms with van der Waals surface area (Å²) in [7, 11) is -3.92. The molecular formula is C11H17N3O5S. The summed E-state index contributed by atoms with van der Waals surface area (Å²) in [5, 5.41) is 23.5. The molecule has 0 atom stereocenters. The number of carboxylic acids is 1. The molecule has 1 saturated carbocycles. The van der Waals surface area contributed by atoms with E-state index < -0.39 is 21.0 Å². The molecule has 1 fully saturated rings. The Kier molecular flexibility index (Phi) is 4.41. The fraction of sp³-hybridized carbons (Fsp3) is 0.636. The van der Waals surface area contributed by atoms with Crippen molar-refractivity contribution in [2.45, 2.75) is 36.8 Å². The van der Waals surface area contributed by atoms with Crippen molar-refractivity contribution in [1.29, 1.82) is 0 Å². The van der Waals surface area contributed by atoms with E-state index in [1.54, 1.807) is 0 Å². The first-order chi connectivity index (χ1) is 9.40. The lowest BCUT2D eigenvalue weighted by Gasteiger charge is -2.25. The Hall–Kier alpha value is -1.45. The number of nitrogens with zero attached hydrogens (tertiary/aromatic N) is 1. The highest BCUT2D eigenvalue weighted by molar-refractivity contribution is 7.89. The number of aromatic nitrogens is 2. The monoisotopic (exact) mass is 303 g/mol. The maximum absolute atomic E-state index is 12.0. The normalized spacial score (nSPS) is 23.6. The zero-order valence-electron chi connectivity index (χ0n) is 10.7. The number of H-pyrrole nitrogens is 1. The molecule has 0 saturated heterocycles. The zero-order valence-corrected chi connectivity index (χ0v) is 11.6. The number of aromatic amines is 1. The van der Waals surface area contributed by atoms with Gasteiger partial charge in [-0.1, -0.05) is 0 Å². The van der Waals surface area contributed by atoms with Gasteiger partial charge in [-0.05, 0) is 31.6 Å². The molecule has 0 spiro atoms. The molecule has 9 heteroatoms. The predicted octanol–water partition coefficient (Wildman–Crippen LogP) is -0.0627. The van der Waals surface area contributed by atoms with E-state index in [0.29, 0.717) is 12.8 Å². The van der Waals surface area contributed by atoms with Gasteiger partial charge in [-0.3, -0.25) is 5.10 Å². The SMILES string of the molecule is O=C(O)c1cn[nH]c1S(=O)(=O)NCC1CCC(O)CC1. The van der Waals surface area contributed by atoms with Crippen LogP contribution in [-0.4, -0.2) is 47.4 Å². The number of aromatic carboxylic acids is 1. The second-order valence-electron chi connectivity index (χ2n) is 4.94. The molecule has 0 aromatic carbocycles. The molecular weight excluding hydrogens is 286 g/mol. The summed E-state index contributed by atoms with van der Waals surface area (Å²) in [6.07, 6.45) is 3.49. The summed E-state index contributed by atoms with van der Waals surface area (Å²) in [5.41, 5.74) is -0.378. The first kappa shape index (κ1) is 14.9. The lowest BCUT2D eigenvalue weighted by Crippen LogP contribution is -2.33. The highest BCUT2D eigenvalue weighted by atomic mass is 32.2. The van der Waals surface area contributed by atoms with Gasteiger partial charge in [-0.2, -0.15) is 5.10 Å². The van der Waals surface area contributed by atoms with Gasteiger partial charge >= 0.3 is 5.97 Å². The Bertz CT molecular complexity index is 575. The number of nitrogens with one attached hydrogen (secondary N) is 2. The van der Waals surface area contributed by atoms with Crippen LogP contribution in [0.5, 0.6) is 0 Å². The van der Waals surface area contributed by atoms with E-state index >= 15 is 0 Å². The summed E-state index contributed by atoms with van der Waals surface area (Å²) >= 11 is 0. The average molecular weight is 303 g/mol. The predicted molar refractivity (Wildman–Crippen MR) is 68.7 cm³/mol. The van der Waals surface area contributed by atoms with E-state index in [1.165, 1.54) is 0 Å². The van der Waals surface area contributed by atoms with Crippen LogP contribution in [0.25, 0.3) is 0 Å². The smallest absolute Gasteiger partial charge is 0.340 e. The second kappa shape index (κ2) is 5.90.